The fourth-order valence-electron chi connectivity index (χ4n) is 0.817. The second kappa shape index (κ2) is 4.19. The summed E-state index contributed by atoms with van der Waals surface area (Å²) in [7, 11) is 0. The molecule has 0 unspecified atom stereocenters. The maximum atomic E-state index is 12.1. The Hall–Kier alpha value is -0.420. The summed E-state index contributed by atoms with van der Waals surface area (Å²) in [6, 6.07) is 0.854. The van der Waals surface area contributed by atoms with E-state index in [1.807, 2.05) is 0 Å². The largest absolute Gasteiger partial charge is 0.344 e. The summed E-state index contributed by atoms with van der Waals surface area (Å²) in [5, 5.41) is 0.199. The van der Waals surface area contributed by atoms with Gasteiger partial charge in [-0.1, -0.05) is 27.5 Å². The van der Waals surface area contributed by atoms with Crippen LogP contribution in [0.25, 0.3) is 0 Å². The van der Waals surface area contributed by atoms with Gasteiger partial charge in [0.25, 0.3) is 6.43 Å². The fourth-order valence-corrected chi connectivity index (χ4v) is 1.80. The summed E-state index contributed by atoms with van der Waals surface area (Å²) in [5.74, 6) is 0. The summed E-state index contributed by atoms with van der Waals surface area (Å²) < 4.78 is 24.2. The van der Waals surface area contributed by atoms with E-state index in [0.29, 0.717) is 0 Å². The van der Waals surface area contributed by atoms with Crippen molar-refractivity contribution in [3.8, 4) is 0 Å². The van der Waals surface area contributed by atoms with Crippen molar-refractivity contribution < 1.29 is 8.78 Å². The number of halogens is 4. The van der Waals surface area contributed by atoms with E-state index in [-0.39, 0.29) is 16.0 Å². The molecule has 0 aliphatic carbocycles. The molecule has 1 rings (SSSR count). The molecule has 0 saturated carbocycles. The first-order valence-electron chi connectivity index (χ1n) is 3.32. The van der Waals surface area contributed by atoms with Crippen LogP contribution in [-0.2, 0) is 5.33 Å². The van der Waals surface area contributed by atoms with Gasteiger partial charge in [0.15, 0.2) is 5.43 Å². The molecule has 0 saturated heterocycles. The Morgan fingerprint density at radius 3 is 2.62 bits per heavy atom. The molecule has 0 spiro atoms. The number of hydrogen-bond donors (Lipinski definition) is 1. The van der Waals surface area contributed by atoms with Gasteiger partial charge in [0.05, 0.1) is 5.69 Å². The van der Waals surface area contributed by atoms with E-state index in [1.165, 1.54) is 0 Å². The lowest BCUT2D eigenvalue weighted by molar-refractivity contribution is 0.146. The predicted molar refractivity (Wildman–Crippen MR) is 49.7 cm³/mol. The van der Waals surface area contributed by atoms with Crippen LogP contribution in [0.3, 0.4) is 0 Å². The minimum Gasteiger partial charge on any atom is -0.344 e. The highest BCUT2D eigenvalue weighted by Gasteiger charge is 2.12. The summed E-state index contributed by atoms with van der Waals surface area (Å²) in [6.07, 6.45) is -2.71. The van der Waals surface area contributed by atoms with Gasteiger partial charge in [-0.25, -0.2) is 8.78 Å². The summed E-state index contributed by atoms with van der Waals surface area (Å²) in [5.41, 5.74) is -0.693. The molecule has 0 aliphatic rings. The molecule has 1 aromatic heterocycles. The molecule has 2 nitrogen and oxygen atoms in total. The molecule has 0 aromatic carbocycles. The van der Waals surface area contributed by atoms with Gasteiger partial charge in [-0.2, -0.15) is 0 Å². The molecule has 0 amide bonds. The normalized spacial score (nSPS) is 10.8. The molecule has 6 heteroatoms. The number of aromatic nitrogens is 1. The van der Waals surface area contributed by atoms with Gasteiger partial charge in [-0.05, 0) is 0 Å². The van der Waals surface area contributed by atoms with E-state index >= 15 is 0 Å². The van der Waals surface area contributed by atoms with Crippen LogP contribution in [0.1, 0.15) is 17.7 Å². The van der Waals surface area contributed by atoms with Crippen LogP contribution in [0.2, 0.25) is 5.15 Å². The molecule has 72 valence electrons. The van der Waals surface area contributed by atoms with Gasteiger partial charge in [-0.3, -0.25) is 4.79 Å². The highest BCUT2D eigenvalue weighted by Crippen LogP contribution is 2.19. The topological polar surface area (TPSA) is 32.9 Å². The van der Waals surface area contributed by atoms with Crippen LogP contribution < -0.4 is 5.43 Å². The Kier molecular flexibility index (Phi) is 3.44. The van der Waals surface area contributed by atoms with Gasteiger partial charge < -0.3 is 4.98 Å². The van der Waals surface area contributed by atoms with Crippen molar-refractivity contribution >= 4 is 27.5 Å². The summed E-state index contributed by atoms with van der Waals surface area (Å²) >= 11 is 8.59. The SMILES string of the molecule is O=c1cc(C(F)F)[nH]c(Cl)c1CBr. The number of alkyl halides is 3. The van der Waals surface area contributed by atoms with E-state index in [4.69, 9.17) is 11.6 Å². The van der Waals surface area contributed by atoms with Gasteiger partial charge in [0, 0.05) is 17.0 Å². The van der Waals surface area contributed by atoms with Gasteiger partial charge >= 0.3 is 0 Å². The quantitative estimate of drug-likeness (QED) is 0.652. The molecule has 1 heterocycles. The van der Waals surface area contributed by atoms with Crippen LogP contribution in [0.4, 0.5) is 8.78 Å². The van der Waals surface area contributed by atoms with Crippen molar-refractivity contribution in [3.05, 3.63) is 32.7 Å². The van der Waals surface area contributed by atoms with Crippen LogP contribution in [0.5, 0.6) is 0 Å². The Bertz CT molecular complexity index is 366. The molecular formula is C7H5BrClF2NO. The standard InChI is InChI=1S/C7H5BrClF2NO/c8-2-3-5(13)1-4(7(10)11)12-6(3)9/h1,7H,2H2,(H,12,13). The summed E-state index contributed by atoms with van der Waals surface area (Å²) in [4.78, 5) is 13.4. The molecule has 0 atom stereocenters. The van der Waals surface area contributed by atoms with Gasteiger partial charge in [-0.15, -0.1) is 0 Å². The van der Waals surface area contributed by atoms with Crippen molar-refractivity contribution in [2.24, 2.45) is 0 Å². The number of rotatable bonds is 2. The lowest BCUT2D eigenvalue weighted by atomic mass is 10.2. The second-order valence-corrected chi connectivity index (χ2v) is 3.25. The molecule has 0 radical (unpaired) electrons. The Morgan fingerprint density at radius 1 is 1.62 bits per heavy atom. The zero-order valence-corrected chi connectivity index (χ0v) is 8.62. The van der Waals surface area contributed by atoms with Crippen molar-refractivity contribution in [2.75, 3.05) is 0 Å². The van der Waals surface area contributed by atoms with Crippen LogP contribution >= 0.6 is 27.5 Å². The highest BCUT2D eigenvalue weighted by atomic mass is 79.9. The average molecular weight is 272 g/mol. The third kappa shape index (κ3) is 2.28. The maximum absolute atomic E-state index is 12.1. The predicted octanol–water partition coefficient (Wildman–Crippen LogP) is 2.86. The number of pyridine rings is 1. The van der Waals surface area contributed by atoms with Crippen LogP contribution in [-0.4, -0.2) is 4.98 Å². The molecule has 0 bridgehead atoms. The first-order valence-corrected chi connectivity index (χ1v) is 4.82. The van der Waals surface area contributed by atoms with Crippen molar-refractivity contribution in [1.29, 1.82) is 0 Å². The third-order valence-corrected chi connectivity index (χ3v) is 2.36. The smallest absolute Gasteiger partial charge is 0.278 e. The number of H-pyrrole nitrogens is 1. The number of nitrogens with one attached hydrogen (secondary N) is 1. The molecule has 1 aromatic rings. The minimum absolute atomic E-state index is 0.0420. The van der Waals surface area contributed by atoms with Crippen LogP contribution in [0.15, 0.2) is 10.9 Å². The molecule has 13 heavy (non-hydrogen) atoms. The molecule has 1 N–H and O–H groups in total. The monoisotopic (exact) mass is 271 g/mol. The molecule has 0 aliphatic heterocycles. The van der Waals surface area contributed by atoms with E-state index in [0.717, 1.165) is 6.07 Å². The average Bonchev–Trinajstić information content (AvgIpc) is 2.03. The van der Waals surface area contributed by atoms with Crippen molar-refractivity contribution in [3.63, 3.8) is 0 Å². The second-order valence-electron chi connectivity index (χ2n) is 2.32. The molecular weight excluding hydrogens is 267 g/mol. The van der Waals surface area contributed by atoms with E-state index in [2.05, 4.69) is 20.9 Å². The fraction of sp³-hybridized carbons (Fsp3) is 0.286. The van der Waals surface area contributed by atoms with Gasteiger partial charge in [0.2, 0.25) is 0 Å². The van der Waals surface area contributed by atoms with E-state index in [9.17, 15) is 13.6 Å². The number of hydrogen-bond acceptors (Lipinski definition) is 1. The van der Waals surface area contributed by atoms with E-state index < -0.39 is 17.5 Å². The van der Waals surface area contributed by atoms with E-state index in [1.54, 1.807) is 0 Å². The lowest BCUT2D eigenvalue weighted by Gasteiger charge is -2.03. The molecule has 0 fully saturated rings. The summed E-state index contributed by atoms with van der Waals surface area (Å²) in [6.45, 7) is 0. The van der Waals surface area contributed by atoms with Crippen molar-refractivity contribution in [1.82, 2.24) is 4.98 Å². The van der Waals surface area contributed by atoms with Gasteiger partial charge in [0.1, 0.15) is 5.15 Å². The lowest BCUT2D eigenvalue weighted by Crippen LogP contribution is -2.10. The Labute approximate surface area is 86.0 Å². The van der Waals surface area contributed by atoms with Crippen molar-refractivity contribution in [2.45, 2.75) is 11.8 Å². The Morgan fingerprint density at radius 2 is 2.23 bits per heavy atom. The first-order chi connectivity index (χ1) is 6.06. The minimum atomic E-state index is -2.71. The number of aromatic amines is 1. The highest BCUT2D eigenvalue weighted by molar-refractivity contribution is 9.08. The van der Waals surface area contributed by atoms with Crippen LogP contribution in [0, 0.1) is 0 Å². The first kappa shape index (κ1) is 10.7. The zero-order chi connectivity index (χ0) is 10.0. The zero-order valence-electron chi connectivity index (χ0n) is 6.28. The Balaban J connectivity index is 3.29. The third-order valence-electron chi connectivity index (χ3n) is 1.47. The maximum Gasteiger partial charge on any atom is 0.278 e.